The summed E-state index contributed by atoms with van der Waals surface area (Å²) in [5, 5.41) is 4.10. The van der Waals surface area contributed by atoms with Crippen LogP contribution in [0.3, 0.4) is 0 Å². The maximum atomic E-state index is 5.53. The van der Waals surface area contributed by atoms with Crippen LogP contribution in [0.2, 0.25) is 0 Å². The summed E-state index contributed by atoms with van der Waals surface area (Å²) >= 11 is 0. The van der Waals surface area contributed by atoms with E-state index in [1.54, 1.807) is 13.4 Å². The first kappa shape index (κ1) is 13.4. The van der Waals surface area contributed by atoms with E-state index in [-0.39, 0.29) is 5.41 Å². The molecule has 0 bridgehead atoms. The van der Waals surface area contributed by atoms with Crippen molar-refractivity contribution in [1.82, 2.24) is 10.1 Å². The molecule has 0 saturated heterocycles. The standard InChI is InChI=1S/C15H20N2O3/c1-10(2)11-4-8-19-12(11)13-16-14(20-17-13)15(5-6-15)7-9-18-3/h4,8,10H,5-7,9H2,1-3H3. The van der Waals surface area contributed by atoms with Crippen molar-refractivity contribution in [3.63, 3.8) is 0 Å². The fourth-order valence-electron chi connectivity index (χ4n) is 2.51. The summed E-state index contributed by atoms with van der Waals surface area (Å²) in [6.07, 6.45) is 4.79. The second-order valence-electron chi connectivity index (χ2n) is 5.81. The van der Waals surface area contributed by atoms with Gasteiger partial charge in [0.15, 0.2) is 5.76 Å². The van der Waals surface area contributed by atoms with Gasteiger partial charge in [0.05, 0.1) is 11.7 Å². The fraction of sp³-hybridized carbons (Fsp3) is 0.600. The Bertz CT molecular complexity index is 581. The highest BCUT2D eigenvalue weighted by molar-refractivity contribution is 5.53. The maximum Gasteiger partial charge on any atom is 0.238 e. The maximum absolute atomic E-state index is 5.53. The van der Waals surface area contributed by atoms with Gasteiger partial charge in [-0.15, -0.1) is 0 Å². The smallest absolute Gasteiger partial charge is 0.238 e. The molecular weight excluding hydrogens is 256 g/mol. The molecule has 1 saturated carbocycles. The van der Waals surface area contributed by atoms with Crippen LogP contribution in [0.1, 0.15) is 50.5 Å². The number of rotatable bonds is 6. The lowest BCUT2D eigenvalue weighted by Crippen LogP contribution is -2.10. The van der Waals surface area contributed by atoms with Gasteiger partial charge in [-0.05, 0) is 31.2 Å². The summed E-state index contributed by atoms with van der Waals surface area (Å²) in [5.74, 6) is 2.36. The highest BCUT2D eigenvalue weighted by Crippen LogP contribution is 2.50. The zero-order chi connectivity index (χ0) is 14.2. The molecular formula is C15H20N2O3. The Morgan fingerprint density at radius 2 is 2.20 bits per heavy atom. The Balaban J connectivity index is 1.85. The zero-order valence-electron chi connectivity index (χ0n) is 12.2. The first-order valence-corrected chi connectivity index (χ1v) is 7.07. The van der Waals surface area contributed by atoms with Gasteiger partial charge in [0.2, 0.25) is 11.7 Å². The molecule has 0 unspecified atom stereocenters. The molecule has 1 fully saturated rings. The molecule has 0 aromatic carbocycles. The molecule has 0 radical (unpaired) electrons. The molecule has 2 heterocycles. The van der Waals surface area contributed by atoms with Crippen LogP contribution < -0.4 is 0 Å². The SMILES string of the molecule is COCCC1(c2nc(-c3occc3C(C)C)no2)CC1. The first-order chi connectivity index (χ1) is 9.66. The largest absolute Gasteiger partial charge is 0.461 e. The van der Waals surface area contributed by atoms with E-state index in [2.05, 4.69) is 24.0 Å². The summed E-state index contributed by atoms with van der Waals surface area (Å²) in [7, 11) is 1.72. The van der Waals surface area contributed by atoms with Gasteiger partial charge < -0.3 is 13.7 Å². The van der Waals surface area contributed by atoms with Crippen LogP contribution in [0.25, 0.3) is 11.6 Å². The lowest BCUT2D eigenvalue weighted by Gasteiger charge is -2.07. The Morgan fingerprint density at radius 3 is 2.85 bits per heavy atom. The van der Waals surface area contributed by atoms with Crippen molar-refractivity contribution in [2.75, 3.05) is 13.7 Å². The molecule has 0 amide bonds. The predicted octanol–water partition coefficient (Wildman–Crippen LogP) is 3.52. The van der Waals surface area contributed by atoms with Gasteiger partial charge in [0.25, 0.3) is 0 Å². The summed E-state index contributed by atoms with van der Waals surface area (Å²) in [4.78, 5) is 4.56. The molecule has 108 valence electrons. The van der Waals surface area contributed by atoms with E-state index in [0.717, 1.165) is 43.1 Å². The number of furan rings is 1. The highest BCUT2D eigenvalue weighted by atomic mass is 16.5. The van der Waals surface area contributed by atoms with Crippen LogP contribution in [-0.4, -0.2) is 23.9 Å². The Hall–Kier alpha value is -1.62. The quantitative estimate of drug-likeness (QED) is 0.807. The average Bonchev–Trinajstić information content (AvgIpc) is 2.90. The lowest BCUT2D eigenvalue weighted by molar-refractivity contribution is 0.177. The second-order valence-corrected chi connectivity index (χ2v) is 5.81. The number of nitrogens with zero attached hydrogens (tertiary/aromatic N) is 2. The molecule has 20 heavy (non-hydrogen) atoms. The minimum atomic E-state index is 0.0336. The summed E-state index contributed by atoms with van der Waals surface area (Å²) in [6.45, 7) is 4.96. The van der Waals surface area contributed by atoms with Crippen LogP contribution in [-0.2, 0) is 10.2 Å². The summed E-state index contributed by atoms with van der Waals surface area (Å²) in [6, 6.07) is 1.97. The van der Waals surface area contributed by atoms with E-state index < -0.39 is 0 Å². The number of aromatic nitrogens is 2. The third-order valence-electron chi connectivity index (χ3n) is 4.04. The van der Waals surface area contributed by atoms with Crippen molar-refractivity contribution >= 4 is 0 Å². The van der Waals surface area contributed by atoms with Gasteiger partial charge in [-0.3, -0.25) is 0 Å². The van der Waals surface area contributed by atoms with E-state index in [4.69, 9.17) is 13.7 Å². The molecule has 1 aliphatic rings. The minimum absolute atomic E-state index is 0.0336. The Labute approximate surface area is 118 Å². The predicted molar refractivity (Wildman–Crippen MR) is 73.5 cm³/mol. The highest BCUT2D eigenvalue weighted by Gasteiger charge is 2.49. The van der Waals surface area contributed by atoms with Crippen molar-refractivity contribution in [1.29, 1.82) is 0 Å². The number of methoxy groups -OCH3 is 1. The number of ether oxygens (including phenoxy) is 1. The third kappa shape index (κ3) is 2.26. The van der Waals surface area contributed by atoms with Gasteiger partial charge in [0.1, 0.15) is 0 Å². The van der Waals surface area contributed by atoms with Gasteiger partial charge >= 0.3 is 0 Å². The number of hydrogen-bond acceptors (Lipinski definition) is 5. The van der Waals surface area contributed by atoms with Gasteiger partial charge in [-0.1, -0.05) is 19.0 Å². The van der Waals surface area contributed by atoms with Crippen LogP contribution in [0.5, 0.6) is 0 Å². The average molecular weight is 276 g/mol. The zero-order valence-corrected chi connectivity index (χ0v) is 12.2. The molecule has 3 rings (SSSR count). The lowest BCUT2D eigenvalue weighted by atomic mass is 10.0. The van der Waals surface area contributed by atoms with Crippen LogP contribution in [0, 0.1) is 0 Å². The van der Waals surface area contributed by atoms with Crippen molar-refractivity contribution in [3.8, 4) is 11.6 Å². The van der Waals surface area contributed by atoms with E-state index >= 15 is 0 Å². The monoisotopic (exact) mass is 276 g/mol. The molecule has 0 spiro atoms. The van der Waals surface area contributed by atoms with Crippen molar-refractivity contribution in [2.24, 2.45) is 0 Å². The molecule has 1 aliphatic carbocycles. The topological polar surface area (TPSA) is 61.3 Å². The van der Waals surface area contributed by atoms with Crippen molar-refractivity contribution < 1.29 is 13.7 Å². The Morgan fingerprint density at radius 1 is 1.40 bits per heavy atom. The Kier molecular flexibility index (Phi) is 3.38. The van der Waals surface area contributed by atoms with E-state index in [1.807, 2.05) is 6.07 Å². The summed E-state index contributed by atoms with van der Waals surface area (Å²) in [5.41, 5.74) is 1.14. The third-order valence-corrected chi connectivity index (χ3v) is 4.04. The normalized spacial score (nSPS) is 16.8. The summed E-state index contributed by atoms with van der Waals surface area (Å²) < 4.78 is 16.2. The van der Waals surface area contributed by atoms with Crippen molar-refractivity contribution in [2.45, 2.75) is 44.4 Å². The van der Waals surface area contributed by atoms with Gasteiger partial charge in [-0.2, -0.15) is 4.98 Å². The van der Waals surface area contributed by atoms with E-state index in [9.17, 15) is 0 Å². The second kappa shape index (κ2) is 5.05. The fourth-order valence-corrected chi connectivity index (χ4v) is 2.51. The van der Waals surface area contributed by atoms with Crippen LogP contribution >= 0.6 is 0 Å². The molecule has 2 aromatic rings. The molecule has 0 aliphatic heterocycles. The molecule has 0 atom stereocenters. The number of hydrogen-bond donors (Lipinski definition) is 0. The van der Waals surface area contributed by atoms with Crippen LogP contribution in [0.4, 0.5) is 0 Å². The molecule has 5 heteroatoms. The molecule has 0 N–H and O–H groups in total. The molecule has 2 aromatic heterocycles. The van der Waals surface area contributed by atoms with Gasteiger partial charge in [-0.25, -0.2) is 0 Å². The van der Waals surface area contributed by atoms with Gasteiger partial charge in [0, 0.05) is 19.3 Å². The van der Waals surface area contributed by atoms with Crippen LogP contribution in [0.15, 0.2) is 21.3 Å². The minimum Gasteiger partial charge on any atom is -0.461 e. The molecule has 5 nitrogen and oxygen atoms in total. The van der Waals surface area contributed by atoms with E-state index in [1.165, 1.54) is 0 Å². The first-order valence-electron chi connectivity index (χ1n) is 7.07. The van der Waals surface area contributed by atoms with E-state index in [0.29, 0.717) is 11.7 Å². The van der Waals surface area contributed by atoms with Crippen molar-refractivity contribution in [3.05, 3.63) is 23.8 Å².